The summed E-state index contributed by atoms with van der Waals surface area (Å²) in [4.78, 5) is 24.3. The van der Waals surface area contributed by atoms with Crippen LogP contribution < -0.4 is 5.32 Å². The maximum Gasteiger partial charge on any atom is 0.347 e. The van der Waals surface area contributed by atoms with Crippen LogP contribution in [0.3, 0.4) is 0 Å². The molecule has 0 spiro atoms. The Hall–Kier alpha value is -2.56. The molecule has 25 heavy (non-hydrogen) atoms. The molecule has 0 aliphatic carbocycles. The van der Waals surface area contributed by atoms with Gasteiger partial charge in [0, 0.05) is 6.54 Å². The Morgan fingerprint density at radius 3 is 1.96 bits per heavy atom. The van der Waals surface area contributed by atoms with E-state index >= 15 is 0 Å². The second kappa shape index (κ2) is 9.06. The minimum atomic E-state index is -0.736. The Balaban J connectivity index is 3.67. The van der Waals surface area contributed by atoms with Crippen molar-refractivity contribution in [3.05, 3.63) is 53.2 Å². The molecule has 0 fully saturated rings. The molecule has 0 heterocycles. The summed E-state index contributed by atoms with van der Waals surface area (Å²) < 4.78 is 9.54. The Labute approximate surface area is 149 Å². The zero-order valence-electron chi connectivity index (χ0n) is 15.8. The predicted octanol–water partition coefficient (Wildman–Crippen LogP) is 3.33. The van der Waals surface area contributed by atoms with Crippen molar-refractivity contribution in [1.82, 2.24) is 5.32 Å². The van der Waals surface area contributed by atoms with E-state index in [9.17, 15) is 9.59 Å². The highest BCUT2D eigenvalue weighted by Crippen LogP contribution is 2.35. The fraction of sp³-hybridized carbons (Fsp3) is 0.400. The van der Waals surface area contributed by atoms with Gasteiger partial charge in [0.15, 0.2) is 5.57 Å². The van der Waals surface area contributed by atoms with Gasteiger partial charge in [-0.05, 0) is 29.6 Å². The third kappa shape index (κ3) is 5.48. The monoisotopic (exact) mass is 345 g/mol. The molecule has 1 rings (SSSR count). The highest BCUT2D eigenvalue weighted by molar-refractivity contribution is 6.15. The van der Waals surface area contributed by atoms with Gasteiger partial charge in [0.1, 0.15) is 0 Å². The van der Waals surface area contributed by atoms with Crippen LogP contribution in [0.4, 0.5) is 0 Å². The number of likely N-dealkylation sites (N-methyl/N-ethyl adjacent to an activating group) is 1. The van der Waals surface area contributed by atoms with Gasteiger partial charge in [-0.25, -0.2) is 9.59 Å². The summed E-state index contributed by atoms with van der Waals surface area (Å²) in [6.45, 7) is 8.65. The number of rotatable bonds is 6. The van der Waals surface area contributed by atoms with Crippen molar-refractivity contribution in [1.29, 1.82) is 0 Å². The van der Waals surface area contributed by atoms with Crippen molar-refractivity contribution in [2.75, 3.05) is 20.8 Å². The lowest BCUT2D eigenvalue weighted by Crippen LogP contribution is -2.25. The molecule has 0 radical (unpaired) electrons. The van der Waals surface area contributed by atoms with Crippen molar-refractivity contribution in [2.45, 2.75) is 27.7 Å². The van der Waals surface area contributed by atoms with E-state index in [1.54, 1.807) is 0 Å². The lowest BCUT2D eigenvalue weighted by atomic mass is 9.81. The van der Waals surface area contributed by atoms with Gasteiger partial charge in [-0.1, -0.05) is 51.1 Å². The third-order valence-corrected chi connectivity index (χ3v) is 3.60. The topological polar surface area (TPSA) is 64.6 Å². The first kappa shape index (κ1) is 20.5. The molecule has 0 aliphatic heterocycles. The number of methoxy groups -OCH3 is 2. The van der Waals surface area contributed by atoms with Crippen LogP contribution in [0.1, 0.15) is 33.3 Å². The molecular weight excluding hydrogens is 318 g/mol. The van der Waals surface area contributed by atoms with Crippen LogP contribution in [0.5, 0.6) is 0 Å². The van der Waals surface area contributed by atoms with E-state index in [0.717, 1.165) is 11.1 Å². The second-order valence-corrected chi connectivity index (χ2v) is 6.48. The van der Waals surface area contributed by atoms with E-state index in [4.69, 9.17) is 9.47 Å². The van der Waals surface area contributed by atoms with E-state index in [0.29, 0.717) is 12.2 Å². The number of carbonyl (C=O) groups excluding carboxylic acids is 2. The molecule has 1 aromatic carbocycles. The first-order valence-electron chi connectivity index (χ1n) is 8.18. The molecule has 0 unspecified atom stereocenters. The molecule has 5 nitrogen and oxygen atoms in total. The maximum absolute atomic E-state index is 12.1. The van der Waals surface area contributed by atoms with E-state index in [1.165, 1.54) is 14.2 Å². The number of ether oxygens (including phenoxy) is 2. The van der Waals surface area contributed by atoms with Gasteiger partial charge in [0.05, 0.1) is 19.9 Å². The summed E-state index contributed by atoms with van der Waals surface area (Å²) in [6, 6.07) is 9.84. The van der Waals surface area contributed by atoms with E-state index in [-0.39, 0.29) is 11.0 Å². The molecule has 0 bridgehead atoms. The van der Waals surface area contributed by atoms with Crippen molar-refractivity contribution >= 4 is 17.5 Å². The van der Waals surface area contributed by atoms with Crippen LogP contribution in [0.25, 0.3) is 5.57 Å². The molecule has 0 saturated carbocycles. The number of esters is 2. The summed E-state index contributed by atoms with van der Waals surface area (Å²) in [5.41, 5.74) is 2.02. The summed E-state index contributed by atoms with van der Waals surface area (Å²) in [5.74, 6) is -1.47. The van der Waals surface area contributed by atoms with E-state index in [1.807, 2.05) is 43.3 Å². The second-order valence-electron chi connectivity index (χ2n) is 6.48. The summed E-state index contributed by atoms with van der Waals surface area (Å²) in [6.07, 6.45) is 1.82. The molecule has 0 saturated heterocycles. The van der Waals surface area contributed by atoms with Gasteiger partial charge in [0.25, 0.3) is 0 Å². The first-order chi connectivity index (χ1) is 11.8. The normalized spacial score (nSPS) is 11.5. The number of hydrogen-bond acceptors (Lipinski definition) is 5. The third-order valence-electron chi connectivity index (χ3n) is 3.60. The zero-order chi connectivity index (χ0) is 19.0. The van der Waals surface area contributed by atoms with Crippen molar-refractivity contribution in [3.63, 3.8) is 0 Å². The van der Waals surface area contributed by atoms with Crippen molar-refractivity contribution in [3.8, 4) is 0 Å². The molecule has 0 aliphatic rings. The predicted molar refractivity (Wildman–Crippen MR) is 98.6 cm³/mol. The van der Waals surface area contributed by atoms with Crippen molar-refractivity contribution in [2.24, 2.45) is 5.41 Å². The Kier molecular flexibility index (Phi) is 7.43. The average Bonchev–Trinajstić information content (AvgIpc) is 2.58. The Morgan fingerprint density at radius 2 is 1.56 bits per heavy atom. The summed E-state index contributed by atoms with van der Waals surface area (Å²) >= 11 is 0. The number of carbonyl (C=O) groups is 2. The molecule has 136 valence electrons. The maximum atomic E-state index is 12.1. The Bertz CT molecular complexity index is 649. The molecule has 5 heteroatoms. The number of allylic oxidation sites excluding steroid dienone is 2. The van der Waals surface area contributed by atoms with Gasteiger partial charge in [-0.3, -0.25) is 0 Å². The van der Waals surface area contributed by atoms with Gasteiger partial charge in [-0.15, -0.1) is 0 Å². The highest BCUT2D eigenvalue weighted by atomic mass is 16.5. The van der Waals surface area contributed by atoms with Crippen LogP contribution in [0, 0.1) is 5.41 Å². The van der Waals surface area contributed by atoms with Gasteiger partial charge in [-0.2, -0.15) is 0 Å². The smallest absolute Gasteiger partial charge is 0.347 e. The van der Waals surface area contributed by atoms with Crippen molar-refractivity contribution < 1.29 is 19.1 Å². The van der Waals surface area contributed by atoms with Gasteiger partial charge < -0.3 is 14.8 Å². The van der Waals surface area contributed by atoms with Crippen LogP contribution in [0.15, 0.2) is 47.7 Å². The number of benzene rings is 1. The minimum absolute atomic E-state index is 0.149. The first-order valence-corrected chi connectivity index (χ1v) is 8.18. The van der Waals surface area contributed by atoms with Crippen LogP contribution in [0.2, 0.25) is 0 Å². The SMILES string of the molecule is CCNC(/C=C(\c1ccccc1)C(C)(C)C)=C(C(=O)OC)C(=O)OC. The highest BCUT2D eigenvalue weighted by Gasteiger charge is 2.26. The minimum Gasteiger partial charge on any atom is -0.465 e. The molecule has 1 N–H and O–H groups in total. The lowest BCUT2D eigenvalue weighted by molar-refractivity contribution is -0.144. The summed E-state index contributed by atoms with van der Waals surface area (Å²) in [7, 11) is 2.47. The van der Waals surface area contributed by atoms with Crippen LogP contribution in [-0.4, -0.2) is 32.7 Å². The van der Waals surface area contributed by atoms with E-state index < -0.39 is 11.9 Å². The molecule has 0 aromatic heterocycles. The van der Waals surface area contributed by atoms with Gasteiger partial charge in [0.2, 0.25) is 0 Å². The molecule has 0 atom stereocenters. The van der Waals surface area contributed by atoms with Crippen LogP contribution in [-0.2, 0) is 19.1 Å². The van der Waals surface area contributed by atoms with E-state index in [2.05, 4.69) is 26.1 Å². The lowest BCUT2D eigenvalue weighted by Gasteiger charge is -2.25. The summed E-state index contributed by atoms with van der Waals surface area (Å²) in [5, 5.41) is 3.09. The fourth-order valence-corrected chi connectivity index (χ4v) is 2.40. The quantitative estimate of drug-likeness (QED) is 0.282. The largest absolute Gasteiger partial charge is 0.465 e. The zero-order valence-corrected chi connectivity index (χ0v) is 15.8. The number of hydrogen-bond donors (Lipinski definition) is 1. The molecular formula is C20H27NO4. The van der Waals surface area contributed by atoms with Crippen LogP contribution >= 0.6 is 0 Å². The molecule has 1 aromatic rings. The standard InChI is InChI=1S/C20H27NO4/c1-7-21-16(17(18(22)24-5)19(23)25-6)13-15(20(2,3)4)14-11-9-8-10-12-14/h8-13,21H,7H2,1-6H3/b15-13+. The number of nitrogens with one attached hydrogen (secondary N) is 1. The average molecular weight is 345 g/mol. The fourth-order valence-electron chi connectivity index (χ4n) is 2.40. The Morgan fingerprint density at radius 1 is 1.04 bits per heavy atom. The molecule has 0 amide bonds. The van der Waals surface area contributed by atoms with Gasteiger partial charge >= 0.3 is 11.9 Å².